The molecular formula is C30H24N4O4. The molecule has 3 aromatic carbocycles. The number of aromatic amines is 1. The average Bonchev–Trinajstić information content (AvgIpc) is 3.57. The number of fused-ring (bicyclic) bond motifs is 1. The molecule has 0 bridgehead atoms. The van der Waals surface area contributed by atoms with Crippen LogP contribution < -0.4 is 9.75 Å². The highest BCUT2D eigenvalue weighted by molar-refractivity contribution is 6.40. The maximum absolute atomic E-state index is 14.0. The van der Waals surface area contributed by atoms with Crippen molar-refractivity contribution >= 4 is 45.6 Å². The molecule has 1 unspecified atom stereocenters. The minimum absolute atomic E-state index is 0.0660. The molecule has 3 heterocycles. The molecule has 0 fully saturated rings. The number of carbonyl (C=O) groups is 3. The number of methoxy groups -OCH3 is 1. The molecule has 0 spiro atoms. The topological polar surface area (TPSA) is 95.1 Å². The molecule has 1 aromatic heterocycles. The molecule has 2 aliphatic heterocycles. The minimum Gasteiger partial charge on any atom is -0.497 e. The zero-order chi connectivity index (χ0) is 26.4. The van der Waals surface area contributed by atoms with Crippen LogP contribution in [0.3, 0.4) is 0 Å². The fraction of sp³-hybridized carbons (Fsp3) is 0.133. The summed E-state index contributed by atoms with van der Waals surface area (Å²) >= 11 is 0. The Hall–Kier alpha value is -4.98. The Kier molecular flexibility index (Phi) is 5.64. The predicted octanol–water partition coefficient (Wildman–Crippen LogP) is 4.54. The van der Waals surface area contributed by atoms with Gasteiger partial charge < -0.3 is 9.72 Å². The summed E-state index contributed by atoms with van der Waals surface area (Å²) in [4.78, 5) is 46.1. The van der Waals surface area contributed by atoms with E-state index in [1.165, 1.54) is 9.91 Å². The number of hydrogen-bond donors (Lipinski definition) is 1. The Morgan fingerprint density at radius 1 is 0.895 bits per heavy atom. The van der Waals surface area contributed by atoms with E-state index in [0.29, 0.717) is 22.7 Å². The third kappa shape index (κ3) is 3.69. The number of nitrogens with one attached hydrogen (secondary N) is 1. The summed E-state index contributed by atoms with van der Waals surface area (Å²) in [6.07, 6.45) is 1.73. The largest absolute Gasteiger partial charge is 0.497 e. The first-order valence-electron chi connectivity index (χ1n) is 12.2. The van der Waals surface area contributed by atoms with Gasteiger partial charge in [-0.15, -0.1) is 0 Å². The van der Waals surface area contributed by atoms with Crippen LogP contribution in [-0.4, -0.2) is 40.4 Å². The van der Waals surface area contributed by atoms with Gasteiger partial charge in [-0.25, -0.2) is 0 Å². The first-order valence-corrected chi connectivity index (χ1v) is 12.2. The van der Waals surface area contributed by atoms with Crippen LogP contribution >= 0.6 is 0 Å². The van der Waals surface area contributed by atoms with E-state index in [1.54, 1.807) is 44.5 Å². The highest BCUT2D eigenvalue weighted by atomic mass is 16.5. The van der Waals surface area contributed by atoms with Gasteiger partial charge in [-0.3, -0.25) is 19.3 Å². The Morgan fingerprint density at radius 3 is 2.34 bits per heavy atom. The Labute approximate surface area is 218 Å². The molecule has 0 aliphatic carbocycles. The van der Waals surface area contributed by atoms with Gasteiger partial charge in [-0.1, -0.05) is 48.5 Å². The highest BCUT2D eigenvalue weighted by Gasteiger charge is 2.49. The van der Waals surface area contributed by atoms with Crippen molar-refractivity contribution in [2.45, 2.75) is 13.5 Å². The average molecular weight is 505 g/mol. The third-order valence-electron chi connectivity index (χ3n) is 6.98. The lowest BCUT2D eigenvalue weighted by Crippen LogP contribution is -2.35. The van der Waals surface area contributed by atoms with Crippen LogP contribution in [0.2, 0.25) is 0 Å². The van der Waals surface area contributed by atoms with Gasteiger partial charge in [0.05, 0.1) is 30.6 Å². The smallest absolute Gasteiger partial charge is 0.262 e. The predicted molar refractivity (Wildman–Crippen MR) is 144 cm³/mol. The number of aromatic nitrogens is 1. The van der Waals surface area contributed by atoms with E-state index in [9.17, 15) is 14.4 Å². The normalized spacial score (nSPS) is 17.7. The van der Waals surface area contributed by atoms with Crippen molar-refractivity contribution in [3.63, 3.8) is 0 Å². The van der Waals surface area contributed by atoms with Crippen molar-refractivity contribution in [2.24, 2.45) is 11.0 Å². The van der Waals surface area contributed by atoms with Gasteiger partial charge in [0.1, 0.15) is 11.7 Å². The number of H-pyrrole nitrogens is 1. The molecule has 8 heteroatoms. The van der Waals surface area contributed by atoms with Crippen molar-refractivity contribution in [3.05, 3.63) is 102 Å². The zero-order valence-corrected chi connectivity index (χ0v) is 20.8. The Balaban J connectivity index is 1.46. The molecular weight excluding hydrogens is 480 g/mol. The van der Waals surface area contributed by atoms with Crippen molar-refractivity contribution in [2.75, 3.05) is 12.1 Å². The lowest BCUT2D eigenvalue weighted by atomic mass is 9.88. The van der Waals surface area contributed by atoms with Crippen LogP contribution in [0.5, 0.6) is 5.75 Å². The number of imide groups is 1. The SMILES string of the molecule is COc1ccc(CN2C(=O)C(c3c[nH]c4ccccc34)=C(C3C(=O)N(c4ccccc4)N=C3C)C2=O)cc1. The number of carbonyl (C=O) groups excluding carboxylic acids is 3. The lowest BCUT2D eigenvalue weighted by Gasteiger charge is -2.17. The van der Waals surface area contributed by atoms with Gasteiger partial charge in [0.2, 0.25) is 0 Å². The second kappa shape index (κ2) is 9.15. The Morgan fingerprint density at radius 2 is 1.61 bits per heavy atom. The standard InChI is InChI=1S/C30H24N4O4/c1-18-25(30(37)34(32-18)20-8-4-3-5-9-20)27-26(23-16-31-24-11-7-6-10-22(23)24)28(35)33(29(27)36)17-19-12-14-21(38-2)15-13-19/h3-16,25,31H,17H2,1-2H3. The summed E-state index contributed by atoms with van der Waals surface area (Å²) in [5, 5.41) is 6.60. The summed E-state index contributed by atoms with van der Waals surface area (Å²) in [7, 11) is 1.58. The van der Waals surface area contributed by atoms with Gasteiger partial charge in [-0.2, -0.15) is 10.1 Å². The number of amides is 3. The summed E-state index contributed by atoms with van der Waals surface area (Å²) in [5.41, 5.74) is 3.61. The fourth-order valence-electron chi connectivity index (χ4n) is 5.11. The van der Waals surface area contributed by atoms with Gasteiger partial charge in [0, 0.05) is 28.2 Å². The van der Waals surface area contributed by atoms with E-state index in [1.807, 2.05) is 54.6 Å². The van der Waals surface area contributed by atoms with Crippen LogP contribution in [0, 0.1) is 5.92 Å². The first kappa shape index (κ1) is 23.4. The van der Waals surface area contributed by atoms with Crippen molar-refractivity contribution in [1.82, 2.24) is 9.88 Å². The molecule has 8 nitrogen and oxygen atoms in total. The number of anilines is 1. The number of hydrazone groups is 1. The van der Waals surface area contributed by atoms with Gasteiger partial charge in [-0.05, 0) is 42.8 Å². The summed E-state index contributed by atoms with van der Waals surface area (Å²) < 4.78 is 5.23. The molecule has 1 N–H and O–H groups in total. The summed E-state index contributed by atoms with van der Waals surface area (Å²) in [6, 6.07) is 23.8. The number of benzene rings is 3. The van der Waals surface area contributed by atoms with Gasteiger partial charge in [0.15, 0.2) is 0 Å². The van der Waals surface area contributed by atoms with Gasteiger partial charge in [0.25, 0.3) is 17.7 Å². The molecule has 4 aromatic rings. The van der Waals surface area contributed by atoms with Crippen molar-refractivity contribution < 1.29 is 19.1 Å². The van der Waals surface area contributed by atoms with E-state index < -0.39 is 17.7 Å². The highest BCUT2D eigenvalue weighted by Crippen LogP contribution is 2.40. The van der Waals surface area contributed by atoms with Crippen LogP contribution in [-0.2, 0) is 20.9 Å². The van der Waals surface area contributed by atoms with E-state index >= 15 is 0 Å². The van der Waals surface area contributed by atoms with Crippen LogP contribution in [0.15, 0.2) is 95.7 Å². The minimum atomic E-state index is -0.976. The molecule has 2 aliphatic rings. The van der Waals surface area contributed by atoms with E-state index in [-0.39, 0.29) is 23.6 Å². The summed E-state index contributed by atoms with van der Waals surface area (Å²) in [5.74, 6) is -1.60. The fourth-order valence-corrected chi connectivity index (χ4v) is 5.11. The number of hydrogen-bond acceptors (Lipinski definition) is 5. The molecule has 0 saturated carbocycles. The third-order valence-corrected chi connectivity index (χ3v) is 6.98. The lowest BCUT2D eigenvalue weighted by molar-refractivity contribution is -0.138. The quantitative estimate of drug-likeness (QED) is 0.390. The number of nitrogens with zero attached hydrogens (tertiary/aromatic N) is 3. The maximum Gasteiger partial charge on any atom is 0.262 e. The zero-order valence-electron chi connectivity index (χ0n) is 20.8. The van der Waals surface area contributed by atoms with Crippen LogP contribution in [0.25, 0.3) is 16.5 Å². The van der Waals surface area contributed by atoms with Crippen LogP contribution in [0.1, 0.15) is 18.1 Å². The molecule has 38 heavy (non-hydrogen) atoms. The molecule has 0 radical (unpaired) electrons. The maximum atomic E-state index is 14.0. The molecule has 6 rings (SSSR count). The number of ether oxygens (including phenoxy) is 1. The first-order chi connectivity index (χ1) is 18.5. The van der Waals surface area contributed by atoms with E-state index in [2.05, 4.69) is 10.1 Å². The van der Waals surface area contributed by atoms with Crippen molar-refractivity contribution in [1.29, 1.82) is 0 Å². The summed E-state index contributed by atoms with van der Waals surface area (Å²) in [6.45, 7) is 1.78. The molecule has 1 atom stereocenters. The molecule has 0 saturated heterocycles. The van der Waals surface area contributed by atoms with Crippen molar-refractivity contribution in [3.8, 4) is 5.75 Å². The number of rotatable bonds is 6. The van der Waals surface area contributed by atoms with E-state index in [4.69, 9.17) is 4.74 Å². The molecule has 3 amide bonds. The van der Waals surface area contributed by atoms with E-state index in [0.717, 1.165) is 16.5 Å². The van der Waals surface area contributed by atoms with Gasteiger partial charge >= 0.3 is 0 Å². The second-order valence-corrected chi connectivity index (χ2v) is 9.24. The second-order valence-electron chi connectivity index (χ2n) is 9.24. The molecule has 188 valence electrons. The monoisotopic (exact) mass is 504 g/mol. The van der Waals surface area contributed by atoms with Crippen LogP contribution in [0.4, 0.5) is 5.69 Å². The Bertz CT molecular complexity index is 1650. The number of para-hydroxylation sites is 2.